The van der Waals surface area contributed by atoms with E-state index in [1.54, 1.807) is 0 Å². The summed E-state index contributed by atoms with van der Waals surface area (Å²) < 4.78 is 9.81. The van der Waals surface area contributed by atoms with Crippen LogP contribution in [0.5, 0.6) is 0 Å². The molecule has 0 spiro atoms. The summed E-state index contributed by atoms with van der Waals surface area (Å²) in [6.07, 6.45) is -0.769. The van der Waals surface area contributed by atoms with E-state index in [1.807, 2.05) is 0 Å². The molecular weight excluding hydrogens is 256 g/mol. The van der Waals surface area contributed by atoms with Crippen molar-refractivity contribution < 1.29 is 29.3 Å². The minimum absolute atomic E-state index is 0.0938. The van der Waals surface area contributed by atoms with Gasteiger partial charge in [0.2, 0.25) is 0 Å². The van der Waals surface area contributed by atoms with Gasteiger partial charge >= 0.3 is 12.0 Å². The number of aliphatic hydroxyl groups excluding tert-OH is 1. The molecule has 0 bridgehead atoms. The van der Waals surface area contributed by atoms with Crippen molar-refractivity contribution in [1.82, 2.24) is 10.2 Å². The number of nitrogens with one attached hydrogen (secondary N) is 1. The van der Waals surface area contributed by atoms with Crippen molar-refractivity contribution in [1.29, 1.82) is 0 Å². The van der Waals surface area contributed by atoms with Crippen LogP contribution in [0.25, 0.3) is 0 Å². The summed E-state index contributed by atoms with van der Waals surface area (Å²) in [5.74, 6) is -0.993. The van der Waals surface area contributed by atoms with Crippen LogP contribution in [0.1, 0.15) is 6.42 Å². The number of carboxylic acids is 1. The summed E-state index contributed by atoms with van der Waals surface area (Å²) in [4.78, 5) is 23.7. The average molecular weight is 278 g/mol. The van der Waals surface area contributed by atoms with Crippen molar-refractivity contribution >= 4 is 12.0 Å². The van der Waals surface area contributed by atoms with Gasteiger partial charge < -0.3 is 29.9 Å². The van der Waals surface area contributed by atoms with E-state index in [4.69, 9.17) is 19.7 Å². The van der Waals surface area contributed by atoms with E-state index in [1.165, 1.54) is 19.1 Å². The maximum atomic E-state index is 11.8. The van der Waals surface area contributed by atoms with E-state index in [-0.39, 0.29) is 26.1 Å². The predicted octanol–water partition coefficient (Wildman–Crippen LogP) is -0.874. The minimum Gasteiger partial charge on any atom is -0.481 e. The maximum Gasteiger partial charge on any atom is 0.317 e. The molecule has 112 valence electrons. The number of hydrogen-bond acceptors (Lipinski definition) is 5. The molecule has 0 saturated carbocycles. The van der Waals surface area contributed by atoms with Gasteiger partial charge in [0.05, 0.1) is 25.7 Å². The Bertz CT molecular complexity index is 274. The van der Waals surface area contributed by atoms with Crippen molar-refractivity contribution in [2.45, 2.75) is 12.5 Å². The summed E-state index contributed by atoms with van der Waals surface area (Å²) in [6.45, 7) is 0.831. The van der Waals surface area contributed by atoms with Crippen molar-refractivity contribution in [3.05, 3.63) is 0 Å². The Labute approximate surface area is 112 Å². The molecule has 0 aromatic carbocycles. The summed E-state index contributed by atoms with van der Waals surface area (Å²) in [6, 6.07) is -0.390. The van der Waals surface area contributed by atoms with Gasteiger partial charge in [0.25, 0.3) is 0 Å². The van der Waals surface area contributed by atoms with Gasteiger partial charge in [-0.05, 0) is 0 Å². The molecule has 19 heavy (non-hydrogen) atoms. The molecule has 3 N–H and O–H groups in total. The highest BCUT2D eigenvalue weighted by molar-refractivity contribution is 5.74. The fraction of sp³-hybridized carbons (Fsp3) is 0.818. The molecule has 0 saturated heterocycles. The lowest BCUT2D eigenvalue weighted by atomic mass is 10.2. The SMILES string of the molecule is COCCN(CCO)C(=O)NCC(CC(=O)O)OC. The second-order valence-electron chi connectivity index (χ2n) is 3.85. The van der Waals surface area contributed by atoms with E-state index in [9.17, 15) is 9.59 Å². The minimum atomic E-state index is -0.993. The smallest absolute Gasteiger partial charge is 0.317 e. The number of hydrogen-bond donors (Lipinski definition) is 3. The number of amides is 2. The lowest BCUT2D eigenvalue weighted by Crippen LogP contribution is -2.45. The zero-order chi connectivity index (χ0) is 14.7. The highest BCUT2D eigenvalue weighted by Crippen LogP contribution is 1.97. The number of urea groups is 1. The topological polar surface area (TPSA) is 108 Å². The first-order chi connectivity index (χ1) is 9.04. The number of aliphatic carboxylic acids is 1. The van der Waals surface area contributed by atoms with Gasteiger partial charge in [-0.3, -0.25) is 4.79 Å². The molecule has 8 nitrogen and oxygen atoms in total. The molecule has 8 heteroatoms. The highest BCUT2D eigenvalue weighted by Gasteiger charge is 2.16. The number of methoxy groups -OCH3 is 2. The Balaban J connectivity index is 4.18. The lowest BCUT2D eigenvalue weighted by Gasteiger charge is -2.23. The lowest BCUT2D eigenvalue weighted by molar-refractivity contribution is -0.139. The number of ether oxygens (including phenoxy) is 2. The van der Waals surface area contributed by atoms with Crippen LogP contribution in [0.4, 0.5) is 4.79 Å². The van der Waals surface area contributed by atoms with Crippen LogP contribution in [0.2, 0.25) is 0 Å². The highest BCUT2D eigenvalue weighted by atomic mass is 16.5. The number of aliphatic hydroxyl groups is 1. The van der Waals surface area contributed by atoms with Gasteiger partial charge in [-0.15, -0.1) is 0 Å². The number of carbonyl (C=O) groups excluding carboxylic acids is 1. The summed E-state index contributed by atoms with van der Waals surface area (Å²) in [5.41, 5.74) is 0. The molecule has 0 heterocycles. The Morgan fingerprint density at radius 2 is 2.00 bits per heavy atom. The molecule has 0 aromatic heterocycles. The maximum absolute atomic E-state index is 11.8. The van der Waals surface area contributed by atoms with E-state index < -0.39 is 18.1 Å². The Hall–Kier alpha value is -1.38. The van der Waals surface area contributed by atoms with Gasteiger partial charge in [-0.2, -0.15) is 0 Å². The standard InChI is InChI=1S/C11H22N2O6/c1-18-6-4-13(3-5-14)11(17)12-8-9(19-2)7-10(15)16/h9,14H,3-8H2,1-2H3,(H,12,17)(H,15,16). The molecule has 0 aliphatic heterocycles. The third-order valence-electron chi connectivity index (χ3n) is 2.44. The monoisotopic (exact) mass is 278 g/mol. The zero-order valence-corrected chi connectivity index (χ0v) is 11.3. The van der Waals surface area contributed by atoms with Crippen molar-refractivity contribution in [3.8, 4) is 0 Å². The average Bonchev–Trinajstić information content (AvgIpc) is 2.38. The normalized spacial score (nSPS) is 11.9. The first-order valence-electron chi connectivity index (χ1n) is 5.92. The van der Waals surface area contributed by atoms with Gasteiger partial charge in [-0.1, -0.05) is 0 Å². The Morgan fingerprint density at radius 1 is 1.32 bits per heavy atom. The Morgan fingerprint density at radius 3 is 2.47 bits per heavy atom. The van der Waals surface area contributed by atoms with Gasteiger partial charge in [0, 0.05) is 33.9 Å². The third kappa shape index (κ3) is 8.36. The molecule has 0 aromatic rings. The molecule has 0 aliphatic rings. The first-order valence-corrected chi connectivity index (χ1v) is 5.92. The number of carboxylic acid groups (broad SMARTS) is 1. The largest absolute Gasteiger partial charge is 0.481 e. The first kappa shape index (κ1) is 17.6. The molecule has 0 fully saturated rings. The van der Waals surface area contributed by atoms with Crippen molar-refractivity contribution in [3.63, 3.8) is 0 Å². The van der Waals surface area contributed by atoms with E-state index in [2.05, 4.69) is 5.32 Å². The molecular formula is C11H22N2O6. The second kappa shape index (κ2) is 10.5. The van der Waals surface area contributed by atoms with Crippen LogP contribution in [0.3, 0.4) is 0 Å². The Kier molecular flexibility index (Phi) is 9.77. The number of nitrogens with zero attached hydrogens (tertiary/aromatic N) is 1. The van der Waals surface area contributed by atoms with Crippen molar-refractivity contribution in [2.75, 3.05) is 47.1 Å². The van der Waals surface area contributed by atoms with Crippen LogP contribution in [-0.2, 0) is 14.3 Å². The summed E-state index contributed by atoms with van der Waals surface area (Å²) in [7, 11) is 2.90. The van der Waals surface area contributed by atoms with Crippen LogP contribution in [0, 0.1) is 0 Å². The fourth-order valence-corrected chi connectivity index (χ4v) is 1.38. The second-order valence-corrected chi connectivity index (χ2v) is 3.85. The van der Waals surface area contributed by atoms with Crippen LogP contribution >= 0.6 is 0 Å². The molecule has 0 rings (SSSR count). The van der Waals surface area contributed by atoms with Crippen LogP contribution in [0.15, 0.2) is 0 Å². The number of rotatable bonds is 10. The number of carbonyl (C=O) groups is 2. The van der Waals surface area contributed by atoms with Crippen LogP contribution in [-0.4, -0.2) is 80.3 Å². The fourth-order valence-electron chi connectivity index (χ4n) is 1.38. The third-order valence-corrected chi connectivity index (χ3v) is 2.44. The van der Waals surface area contributed by atoms with Gasteiger partial charge in [0.15, 0.2) is 0 Å². The van der Waals surface area contributed by atoms with Crippen molar-refractivity contribution in [2.24, 2.45) is 0 Å². The quantitative estimate of drug-likeness (QED) is 0.479. The van der Waals surface area contributed by atoms with Crippen LogP contribution < -0.4 is 5.32 Å². The zero-order valence-electron chi connectivity index (χ0n) is 11.3. The molecule has 1 unspecified atom stereocenters. The van der Waals surface area contributed by atoms with E-state index in [0.29, 0.717) is 13.2 Å². The van der Waals surface area contributed by atoms with E-state index >= 15 is 0 Å². The molecule has 0 aliphatic carbocycles. The van der Waals surface area contributed by atoms with Gasteiger partial charge in [0.1, 0.15) is 0 Å². The summed E-state index contributed by atoms with van der Waals surface area (Å²) >= 11 is 0. The molecule has 0 radical (unpaired) electrons. The van der Waals surface area contributed by atoms with Gasteiger partial charge in [-0.25, -0.2) is 4.79 Å². The predicted molar refractivity (Wildman–Crippen MR) is 67.0 cm³/mol. The van der Waals surface area contributed by atoms with E-state index in [0.717, 1.165) is 0 Å². The molecule has 2 amide bonds. The molecule has 1 atom stereocenters. The summed E-state index contributed by atoms with van der Waals surface area (Å²) in [5, 5.41) is 20.1.